The summed E-state index contributed by atoms with van der Waals surface area (Å²) in [5.74, 6) is 0.00353. The molecule has 284 valence electrons. The molecule has 3 atom stereocenters. The molecule has 2 bridgehead atoms. The molecule has 8 heterocycles. The Bertz CT molecular complexity index is 2160. The third-order valence-corrected chi connectivity index (χ3v) is 11.8. The number of aryl methyl sites for hydroxylation is 1. The highest BCUT2D eigenvalue weighted by Crippen LogP contribution is 2.44. The molecule has 9 rings (SSSR count). The molecule has 12 nitrogen and oxygen atoms in total. The van der Waals surface area contributed by atoms with Crippen molar-refractivity contribution >= 4 is 33.7 Å². The Kier molecular flexibility index (Phi) is 8.46. The Morgan fingerprint density at radius 2 is 1.76 bits per heavy atom. The molecule has 3 unspecified atom stereocenters. The summed E-state index contributed by atoms with van der Waals surface area (Å²) in [7, 11) is 0. The predicted octanol–water partition coefficient (Wildman–Crippen LogP) is 7.12. The molecule has 1 amide bonds. The average molecular weight is 737 g/mol. The first-order chi connectivity index (χ1) is 25.9. The van der Waals surface area contributed by atoms with Crippen molar-refractivity contribution in [3.63, 3.8) is 0 Å². The first-order valence-corrected chi connectivity index (χ1v) is 19.3. The number of benzene rings is 1. The number of hydrogen-bond acceptors (Lipinski definition) is 10. The van der Waals surface area contributed by atoms with Gasteiger partial charge in [-0.1, -0.05) is 30.4 Å². The van der Waals surface area contributed by atoms with Crippen LogP contribution < -0.4 is 9.64 Å². The average Bonchev–Trinajstić information content (AvgIpc) is 3.84. The van der Waals surface area contributed by atoms with Gasteiger partial charge in [0.25, 0.3) is 0 Å². The molecule has 3 aromatic heterocycles. The van der Waals surface area contributed by atoms with Gasteiger partial charge in [0.15, 0.2) is 12.0 Å². The van der Waals surface area contributed by atoms with Crippen LogP contribution in [0.4, 0.5) is 15.0 Å². The zero-order chi connectivity index (χ0) is 37.5. The number of carbonyl (C=O) groups is 1. The van der Waals surface area contributed by atoms with Gasteiger partial charge >= 0.3 is 12.1 Å². The van der Waals surface area contributed by atoms with Crippen molar-refractivity contribution in [2.75, 3.05) is 44.3 Å². The first kappa shape index (κ1) is 35.1. The molecule has 0 aliphatic carbocycles. The maximum Gasteiger partial charge on any atom is 0.410 e. The van der Waals surface area contributed by atoms with E-state index >= 15 is 4.39 Å². The van der Waals surface area contributed by atoms with E-state index in [1.165, 1.54) is 0 Å². The van der Waals surface area contributed by atoms with Gasteiger partial charge in [-0.15, -0.1) is 0 Å². The van der Waals surface area contributed by atoms with Crippen LogP contribution in [0.3, 0.4) is 0 Å². The fourth-order valence-electron chi connectivity index (χ4n) is 9.53. The van der Waals surface area contributed by atoms with Crippen LogP contribution >= 0.6 is 0 Å². The van der Waals surface area contributed by atoms with Gasteiger partial charge < -0.3 is 19.1 Å². The number of ether oxygens (including phenoxy) is 3. The highest BCUT2D eigenvalue weighted by molar-refractivity contribution is 5.99. The quantitative estimate of drug-likeness (QED) is 0.190. The molecule has 0 radical (unpaired) electrons. The molecular formula is C41H49FN8O4. The summed E-state index contributed by atoms with van der Waals surface area (Å²) >= 11 is 0. The maximum absolute atomic E-state index is 17.3. The van der Waals surface area contributed by atoms with Crippen LogP contribution in [0, 0.1) is 12.7 Å². The molecule has 0 N–H and O–H groups in total. The Labute approximate surface area is 315 Å². The Morgan fingerprint density at radius 1 is 1.02 bits per heavy atom. The number of halogens is 1. The lowest BCUT2D eigenvalue weighted by molar-refractivity contribution is -0.0366. The molecular weight excluding hydrogens is 688 g/mol. The van der Waals surface area contributed by atoms with Gasteiger partial charge in [0, 0.05) is 49.9 Å². The minimum absolute atomic E-state index is 0.0727. The number of rotatable bonds is 6. The molecule has 54 heavy (non-hydrogen) atoms. The van der Waals surface area contributed by atoms with E-state index in [0.717, 1.165) is 85.6 Å². The number of piperazine rings is 1. The van der Waals surface area contributed by atoms with Gasteiger partial charge in [-0.2, -0.15) is 15.1 Å². The lowest BCUT2D eigenvalue weighted by Gasteiger charge is -2.42. The van der Waals surface area contributed by atoms with Gasteiger partial charge in [-0.3, -0.25) is 14.8 Å². The third kappa shape index (κ3) is 6.00. The van der Waals surface area contributed by atoms with Crippen LogP contribution in [0.25, 0.3) is 33.1 Å². The van der Waals surface area contributed by atoms with Crippen LogP contribution in [0.1, 0.15) is 77.5 Å². The summed E-state index contributed by atoms with van der Waals surface area (Å²) in [4.78, 5) is 34.3. The summed E-state index contributed by atoms with van der Waals surface area (Å²) in [6, 6.07) is 3.97. The van der Waals surface area contributed by atoms with E-state index in [2.05, 4.69) is 23.0 Å². The van der Waals surface area contributed by atoms with Crippen molar-refractivity contribution in [3.05, 3.63) is 60.2 Å². The van der Waals surface area contributed by atoms with E-state index in [9.17, 15) is 4.79 Å². The molecule has 4 aromatic rings. The minimum Gasteiger partial charge on any atom is -0.461 e. The Balaban J connectivity index is 1.12. The van der Waals surface area contributed by atoms with Crippen molar-refractivity contribution in [1.82, 2.24) is 34.5 Å². The van der Waals surface area contributed by atoms with Crippen molar-refractivity contribution in [2.45, 2.75) is 102 Å². The number of carbonyl (C=O) groups excluding carboxylic acids is 1. The molecule has 5 aliphatic heterocycles. The molecule has 5 fully saturated rings. The number of pyridine rings is 1. The molecule has 5 aliphatic rings. The van der Waals surface area contributed by atoms with Gasteiger partial charge in [0.2, 0.25) is 0 Å². The van der Waals surface area contributed by atoms with Crippen LogP contribution in [-0.4, -0.2) is 103 Å². The molecule has 0 saturated carbocycles. The normalized spacial score (nSPS) is 24.2. The number of amides is 1. The third-order valence-electron chi connectivity index (χ3n) is 11.8. The molecule has 13 heteroatoms. The molecule has 5 saturated heterocycles. The van der Waals surface area contributed by atoms with Crippen LogP contribution in [0.5, 0.6) is 6.01 Å². The first-order valence-electron chi connectivity index (χ1n) is 19.3. The zero-order valence-corrected chi connectivity index (χ0v) is 31.7. The van der Waals surface area contributed by atoms with Crippen molar-refractivity contribution in [1.29, 1.82) is 0 Å². The van der Waals surface area contributed by atoms with E-state index in [-0.39, 0.29) is 47.2 Å². The van der Waals surface area contributed by atoms with E-state index in [4.69, 9.17) is 34.3 Å². The second-order valence-corrected chi connectivity index (χ2v) is 17.0. The number of aromatic nitrogens is 5. The fourth-order valence-corrected chi connectivity index (χ4v) is 9.53. The van der Waals surface area contributed by atoms with Crippen LogP contribution in [-0.2, 0) is 9.47 Å². The lowest BCUT2D eigenvalue weighted by atomic mass is 9.92. The van der Waals surface area contributed by atoms with Gasteiger partial charge in [0.1, 0.15) is 29.2 Å². The number of fused-ring (bicyclic) bond motifs is 5. The summed E-state index contributed by atoms with van der Waals surface area (Å²) in [6.07, 6.45) is 9.28. The second-order valence-electron chi connectivity index (χ2n) is 17.0. The summed E-state index contributed by atoms with van der Waals surface area (Å²) < 4.78 is 37.6. The highest BCUT2D eigenvalue weighted by Gasteiger charge is 2.49. The summed E-state index contributed by atoms with van der Waals surface area (Å²) in [6.45, 7) is 19.8. The summed E-state index contributed by atoms with van der Waals surface area (Å²) in [5, 5.41) is 6.02. The van der Waals surface area contributed by atoms with E-state index in [1.807, 2.05) is 49.4 Å². The van der Waals surface area contributed by atoms with Crippen molar-refractivity contribution in [3.8, 4) is 17.3 Å². The van der Waals surface area contributed by atoms with Gasteiger partial charge in [0.05, 0.1) is 34.7 Å². The van der Waals surface area contributed by atoms with Gasteiger partial charge in [-0.05, 0) is 84.3 Å². The van der Waals surface area contributed by atoms with Crippen molar-refractivity contribution < 1.29 is 23.4 Å². The van der Waals surface area contributed by atoms with Crippen molar-refractivity contribution in [2.24, 2.45) is 0 Å². The fraction of sp³-hybridized carbons (Fsp3) is 0.537. The Hall–Kier alpha value is -4.62. The zero-order valence-electron chi connectivity index (χ0n) is 31.7. The van der Waals surface area contributed by atoms with Crippen LogP contribution in [0.2, 0.25) is 0 Å². The van der Waals surface area contributed by atoms with Gasteiger partial charge in [-0.25, -0.2) is 13.9 Å². The van der Waals surface area contributed by atoms with E-state index < -0.39 is 11.4 Å². The number of anilines is 1. The maximum atomic E-state index is 17.3. The van der Waals surface area contributed by atoms with E-state index in [1.54, 1.807) is 12.4 Å². The SMILES string of the molecule is C=C1CN2CC(=C)CC2(COc2nc(N3CC4CCC(C3)N4C(=O)OC(C)(C)C)c3cnc(-c4c(C)ccc5c4cnn5C4CCCCO4)c(F)c3n2)C1. The topological polar surface area (TPSA) is 111 Å². The largest absolute Gasteiger partial charge is 0.461 e. The minimum atomic E-state index is -0.596. The Morgan fingerprint density at radius 3 is 2.44 bits per heavy atom. The smallest absolute Gasteiger partial charge is 0.410 e. The van der Waals surface area contributed by atoms with E-state index in [0.29, 0.717) is 43.1 Å². The summed E-state index contributed by atoms with van der Waals surface area (Å²) in [5.41, 5.74) is 4.21. The predicted molar refractivity (Wildman–Crippen MR) is 204 cm³/mol. The number of hydrogen-bond donors (Lipinski definition) is 0. The second kappa shape index (κ2) is 13.0. The molecule has 1 aromatic carbocycles. The number of nitrogens with zero attached hydrogens (tertiary/aromatic N) is 8. The molecule has 0 spiro atoms. The highest BCUT2D eigenvalue weighted by atomic mass is 19.1. The monoisotopic (exact) mass is 736 g/mol. The lowest BCUT2D eigenvalue weighted by Crippen LogP contribution is -2.57. The standard InChI is InChI=1S/C41H49FN8O4/c1-24-15-41(16-25(2)20-48(41)19-24)23-53-38-45-35-30(37(46-38)47-21-27-11-12-28(22-47)49(27)39(51)54-40(4,5)6)17-43-36(34(35)42)33-26(3)10-13-31-29(33)18-44-50(31)32-9-7-8-14-52-32/h10,13,17-18,27-28,32H,1-2,7-9,11-12,14-16,19-23H2,3-6H3. The van der Waals surface area contributed by atoms with Crippen LogP contribution in [0.15, 0.2) is 48.8 Å².